The zero-order valence-corrected chi connectivity index (χ0v) is 9.50. The fraction of sp³-hybridized carbons (Fsp3) is 0.667. The molecule has 0 radical (unpaired) electrons. The predicted octanol–water partition coefficient (Wildman–Crippen LogP) is -0.373. The Morgan fingerprint density at radius 2 is 2.30 bits per heavy atom. The minimum absolute atomic E-state index is 0.0891. The van der Waals surface area contributed by atoms with Gasteiger partial charge in [0.2, 0.25) is 0 Å². The van der Waals surface area contributed by atoms with Gasteiger partial charge in [0.1, 0.15) is 0 Å². The Morgan fingerprint density at radius 1 is 1.50 bits per heavy atom. The van der Waals surface area contributed by atoms with E-state index in [1.165, 1.54) is 6.67 Å². The van der Waals surface area contributed by atoms with Gasteiger partial charge in [0.25, 0.3) is 0 Å². The topological polar surface area (TPSA) is 6.48 Å². The third kappa shape index (κ3) is 0.963. The monoisotopic (exact) mass is 166 g/mol. The zero-order valence-electron chi connectivity index (χ0n) is 6.67. The quantitative estimate of drug-likeness (QED) is 0.516. The van der Waals surface area contributed by atoms with Crippen LogP contribution < -0.4 is 0 Å². The molecule has 0 N–H and O–H groups in total. The van der Waals surface area contributed by atoms with E-state index >= 15 is 0 Å². The van der Waals surface area contributed by atoms with E-state index in [2.05, 4.69) is 25.4 Å². The summed E-state index contributed by atoms with van der Waals surface area (Å²) in [6, 6.07) is 0.823. The van der Waals surface area contributed by atoms with Crippen molar-refractivity contribution in [2.45, 2.75) is 17.6 Å². The first-order valence-corrected chi connectivity index (χ1v) is 8.16. The van der Waals surface area contributed by atoms with Gasteiger partial charge in [-0.25, -0.2) is 0 Å². The Labute approximate surface area is 74.7 Å². The first-order chi connectivity index (χ1) is 4.86. The van der Waals surface area contributed by atoms with Gasteiger partial charge in [-0.1, -0.05) is 11.6 Å². The molecule has 0 amide bonds. The largest absolute Gasteiger partial charge is 0.458 e. The van der Waals surface area contributed by atoms with Gasteiger partial charge in [-0.2, -0.15) is 0 Å². The van der Waals surface area contributed by atoms with Crippen LogP contribution in [0, 0.1) is 0 Å². The van der Waals surface area contributed by atoms with Crippen molar-refractivity contribution >= 4 is 30.9 Å². The molecule has 2 nitrogen and oxygen atoms in total. The van der Waals surface area contributed by atoms with Crippen molar-refractivity contribution in [2.24, 2.45) is 0 Å². The van der Waals surface area contributed by atoms with Crippen molar-refractivity contribution in [2.75, 3.05) is 6.67 Å². The molecule has 1 saturated heterocycles. The molecule has 1 heterocycles. The summed E-state index contributed by atoms with van der Waals surface area (Å²) in [5, 5.41) is 0. The van der Waals surface area contributed by atoms with Crippen molar-refractivity contribution in [3.63, 3.8) is 0 Å². The minimum atomic E-state index is 0.0891. The van der Waals surface area contributed by atoms with Gasteiger partial charge in [-0.15, -0.1) is 0 Å². The summed E-state index contributed by atoms with van der Waals surface area (Å²) >= 11 is 0.194. The maximum Gasteiger partial charge on any atom is 0.386 e. The van der Waals surface area contributed by atoms with Crippen LogP contribution in [-0.4, -0.2) is 51.4 Å². The summed E-state index contributed by atoms with van der Waals surface area (Å²) in [7, 11) is 0. The van der Waals surface area contributed by atoms with E-state index in [4.69, 9.17) is 0 Å². The van der Waals surface area contributed by atoms with Crippen molar-refractivity contribution in [1.82, 2.24) is 7.77 Å². The summed E-state index contributed by atoms with van der Waals surface area (Å²) in [5.41, 5.74) is 1.66. The molecule has 0 unspecified atom stereocenters. The van der Waals surface area contributed by atoms with Crippen molar-refractivity contribution in [3.05, 3.63) is 11.8 Å². The maximum absolute atomic E-state index is 2.66. The SMILES string of the molecule is [CH3][AlH][N]1C[N]([AlH][CH3])[C@H]2C=C21. The number of hydrogen-bond acceptors (Lipinski definition) is 2. The molecule has 0 saturated carbocycles. The number of hydrogen-bond donors (Lipinski definition) is 0. The molecule has 4 heteroatoms. The lowest BCUT2D eigenvalue weighted by atomic mass is 10.6. The van der Waals surface area contributed by atoms with Crippen LogP contribution in [0.25, 0.3) is 0 Å². The molecular formula is C6H12Al2N2. The fourth-order valence-electron chi connectivity index (χ4n) is 1.67. The van der Waals surface area contributed by atoms with E-state index in [0.717, 1.165) is 6.04 Å². The van der Waals surface area contributed by atoms with Crippen LogP contribution in [0.2, 0.25) is 11.6 Å². The fourth-order valence-corrected chi connectivity index (χ4v) is 4.19. The zero-order chi connectivity index (χ0) is 7.14. The van der Waals surface area contributed by atoms with E-state index in [-0.39, 0.29) is 30.9 Å². The van der Waals surface area contributed by atoms with Gasteiger partial charge in [0.15, 0.2) is 0 Å². The number of nitrogens with zero attached hydrogens (tertiary/aromatic N) is 2. The second kappa shape index (κ2) is 2.56. The molecule has 1 aliphatic carbocycles. The molecule has 2 aliphatic rings. The van der Waals surface area contributed by atoms with E-state index in [1.54, 1.807) is 5.70 Å². The van der Waals surface area contributed by atoms with E-state index < -0.39 is 0 Å². The molecule has 0 aromatic carbocycles. The number of rotatable bonds is 2. The van der Waals surface area contributed by atoms with E-state index in [1.807, 2.05) is 0 Å². The Morgan fingerprint density at radius 3 is 2.70 bits per heavy atom. The van der Waals surface area contributed by atoms with Crippen LogP contribution in [0.3, 0.4) is 0 Å². The molecular weight excluding hydrogens is 154 g/mol. The van der Waals surface area contributed by atoms with Crippen LogP contribution in [0.15, 0.2) is 11.8 Å². The summed E-state index contributed by atoms with van der Waals surface area (Å²) in [4.78, 5) is 0. The van der Waals surface area contributed by atoms with Gasteiger partial charge in [-0.3, -0.25) is 0 Å². The summed E-state index contributed by atoms with van der Waals surface area (Å²) < 4.78 is 5.27. The molecule has 0 spiro atoms. The Bertz CT molecular complexity index is 181. The van der Waals surface area contributed by atoms with Crippen LogP contribution >= 0.6 is 0 Å². The molecule has 0 aromatic heterocycles. The van der Waals surface area contributed by atoms with Crippen molar-refractivity contribution in [3.8, 4) is 0 Å². The number of fused-ring (bicyclic) bond motifs is 1. The Kier molecular flexibility index (Phi) is 1.85. The smallest absolute Gasteiger partial charge is 0.386 e. The van der Waals surface area contributed by atoms with Gasteiger partial charge in [0, 0.05) is 18.4 Å². The molecule has 1 fully saturated rings. The molecule has 0 bridgehead atoms. The van der Waals surface area contributed by atoms with Crippen LogP contribution in [-0.2, 0) is 0 Å². The first-order valence-electron chi connectivity index (χ1n) is 4.07. The second-order valence-electron chi connectivity index (χ2n) is 2.94. The van der Waals surface area contributed by atoms with Gasteiger partial charge < -0.3 is 7.77 Å². The van der Waals surface area contributed by atoms with Gasteiger partial charge in [-0.05, 0) is 6.08 Å². The minimum Gasteiger partial charge on any atom is -0.458 e. The molecule has 1 aliphatic heterocycles. The van der Waals surface area contributed by atoms with Gasteiger partial charge in [0.05, 0.1) is 0 Å². The standard InChI is InChI=1S/C4H4N2.2CH3.2Al.2H/c1-3-4(1)6-2-5-3;;;;;;/h1,3H,2H2;2*1H3;;;;/q-2;;;2*+1;;/t3-;;;;;;/m0....../s1. The lowest BCUT2D eigenvalue weighted by molar-refractivity contribution is 0.434. The molecule has 0 aromatic rings. The Hall–Kier alpha value is 0.565. The molecule has 52 valence electrons. The molecule has 1 atom stereocenters. The third-order valence-corrected chi connectivity index (χ3v) is 5.16. The highest BCUT2D eigenvalue weighted by molar-refractivity contribution is 6.33. The van der Waals surface area contributed by atoms with Crippen LogP contribution in [0.5, 0.6) is 0 Å². The van der Waals surface area contributed by atoms with Gasteiger partial charge >= 0.3 is 30.9 Å². The Balaban J connectivity index is 2.00. The molecule has 10 heavy (non-hydrogen) atoms. The highest BCUT2D eigenvalue weighted by Gasteiger charge is 2.39. The van der Waals surface area contributed by atoms with Crippen molar-refractivity contribution < 1.29 is 0 Å². The van der Waals surface area contributed by atoms with Crippen molar-refractivity contribution in [1.29, 1.82) is 0 Å². The van der Waals surface area contributed by atoms with E-state index in [9.17, 15) is 0 Å². The normalized spacial score (nSPS) is 29.6. The second-order valence-corrected chi connectivity index (χ2v) is 5.78. The maximum atomic E-state index is 2.66. The third-order valence-electron chi connectivity index (χ3n) is 2.42. The molecule has 2 rings (SSSR count). The highest BCUT2D eigenvalue weighted by Crippen LogP contribution is 2.35. The average molecular weight is 166 g/mol. The summed E-state index contributed by atoms with van der Waals surface area (Å²) in [6.07, 6.45) is 2.41. The predicted molar refractivity (Wildman–Crippen MR) is 46.4 cm³/mol. The lowest BCUT2D eigenvalue weighted by Crippen LogP contribution is -2.31. The van der Waals surface area contributed by atoms with E-state index in [0.29, 0.717) is 0 Å². The summed E-state index contributed by atoms with van der Waals surface area (Å²) in [5.74, 6) is 4.75. The lowest BCUT2D eigenvalue weighted by Gasteiger charge is -2.19. The van der Waals surface area contributed by atoms with Crippen LogP contribution in [0.4, 0.5) is 0 Å². The summed E-state index contributed by atoms with van der Waals surface area (Å²) in [6.45, 7) is 1.28. The highest BCUT2D eigenvalue weighted by atomic mass is 27.1. The van der Waals surface area contributed by atoms with Crippen LogP contribution in [0.1, 0.15) is 0 Å². The average Bonchev–Trinajstić information content (AvgIpc) is 2.67. The first kappa shape index (κ1) is 7.23.